The average molecular weight is 1050 g/mol. The first-order valence-corrected chi connectivity index (χ1v) is 25.4. The standard InChI is InChI=1S/C57H70N6O13/c1-10-14-25-73-49-33-51(75-27-16-12-3)45(62-56(68)41-29-37(58-35(5)64)21-23-47(41)70-7)31-43(49)60-54(66)39-19-18-20-40(53(39)72-9)55(67)61-44-32-46(52(76-28-17-13-4)34-50(44)74-26-15-11-2)63-57(69)42-30-38(59-36(6)65)22-24-48(42)71-8/h18-24,29-34H,10-17,25-28H2,1-9H3,(H,58,64)(H,59,65)(H,60,66)(H,61,67)(H,62,68)(H,63,69). The molecule has 19 heteroatoms. The zero-order valence-electron chi connectivity index (χ0n) is 44.8. The maximum Gasteiger partial charge on any atom is 0.259 e. The molecule has 0 fully saturated rings. The van der Waals surface area contributed by atoms with Crippen LogP contribution in [0.2, 0.25) is 0 Å². The van der Waals surface area contributed by atoms with E-state index >= 15 is 0 Å². The highest BCUT2D eigenvalue weighted by molar-refractivity contribution is 6.14. The molecule has 0 unspecified atom stereocenters. The number of para-hydroxylation sites is 1. The van der Waals surface area contributed by atoms with E-state index in [4.69, 9.17) is 33.2 Å². The van der Waals surface area contributed by atoms with Crippen LogP contribution in [0, 0.1) is 0 Å². The van der Waals surface area contributed by atoms with Gasteiger partial charge in [-0.1, -0.05) is 59.4 Å². The van der Waals surface area contributed by atoms with E-state index in [1.54, 1.807) is 36.4 Å². The molecule has 0 spiro atoms. The number of anilines is 6. The molecule has 5 rings (SSSR count). The Hall–Kier alpha value is -8.48. The van der Waals surface area contributed by atoms with Gasteiger partial charge in [-0.25, -0.2) is 0 Å². The van der Waals surface area contributed by atoms with Crippen molar-refractivity contribution >= 4 is 69.6 Å². The lowest BCUT2D eigenvalue weighted by Crippen LogP contribution is -2.20. The lowest BCUT2D eigenvalue weighted by molar-refractivity contribution is -0.115. The molecule has 0 aromatic heterocycles. The number of unbranched alkanes of at least 4 members (excludes halogenated alkanes) is 4. The molecular formula is C57H70N6O13. The van der Waals surface area contributed by atoms with E-state index in [-0.39, 0.29) is 97.1 Å². The van der Waals surface area contributed by atoms with Gasteiger partial charge >= 0.3 is 0 Å². The van der Waals surface area contributed by atoms with E-state index in [0.717, 1.165) is 25.7 Å². The third kappa shape index (κ3) is 16.3. The molecule has 0 atom stereocenters. The van der Waals surface area contributed by atoms with Gasteiger partial charge in [0.1, 0.15) is 40.2 Å². The van der Waals surface area contributed by atoms with E-state index in [0.29, 0.717) is 63.5 Å². The van der Waals surface area contributed by atoms with E-state index < -0.39 is 23.6 Å². The summed E-state index contributed by atoms with van der Waals surface area (Å²) in [5.41, 5.74) is 1.65. The van der Waals surface area contributed by atoms with Crippen LogP contribution in [0.5, 0.6) is 40.2 Å². The number of carbonyl (C=O) groups is 6. The topological polar surface area (TPSA) is 239 Å². The Labute approximate surface area is 444 Å². The van der Waals surface area contributed by atoms with Crippen molar-refractivity contribution in [1.82, 2.24) is 0 Å². The molecule has 5 aromatic carbocycles. The predicted octanol–water partition coefficient (Wildman–Crippen LogP) is 11.4. The highest BCUT2D eigenvalue weighted by atomic mass is 16.5. The molecule has 406 valence electrons. The molecule has 0 aliphatic rings. The minimum atomic E-state index is -0.686. The largest absolute Gasteiger partial charge is 0.496 e. The summed E-state index contributed by atoms with van der Waals surface area (Å²) in [6.07, 6.45) is 6.15. The maximum absolute atomic E-state index is 14.5. The summed E-state index contributed by atoms with van der Waals surface area (Å²) in [7, 11) is 4.17. The van der Waals surface area contributed by atoms with Crippen molar-refractivity contribution in [1.29, 1.82) is 0 Å². The van der Waals surface area contributed by atoms with E-state index in [2.05, 4.69) is 31.9 Å². The van der Waals surface area contributed by atoms with Crippen LogP contribution >= 0.6 is 0 Å². The Kier molecular flexibility index (Phi) is 22.6. The summed E-state index contributed by atoms with van der Waals surface area (Å²) in [4.78, 5) is 81.0. The van der Waals surface area contributed by atoms with Gasteiger partial charge < -0.3 is 65.1 Å². The summed E-state index contributed by atoms with van der Waals surface area (Å²) >= 11 is 0. The quantitative estimate of drug-likeness (QED) is 0.0245. The molecule has 6 N–H and O–H groups in total. The van der Waals surface area contributed by atoms with Crippen LogP contribution in [0.15, 0.2) is 78.9 Å². The van der Waals surface area contributed by atoms with Gasteiger partial charge in [-0.3, -0.25) is 28.8 Å². The van der Waals surface area contributed by atoms with Crippen LogP contribution in [0.1, 0.15) is 134 Å². The third-order valence-corrected chi connectivity index (χ3v) is 11.4. The molecule has 5 aromatic rings. The number of amides is 6. The van der Waals surface area contributed by atoms with E-state index in [1.807, 2.05) is 27.7 Å². The summed E-state index contributed by atoms with van der Waals surface area (Å²) < 4.78 is 41.6. The van der Waals surface area contributed by atoms with Crippen molar-refractivity contribution in [2.45, 2.75) is 92.9 Å². The number of ether oxygens (including phenoxy) is 7. The maximum atomic E-state index is 14.5. The predicted molar refractivity (Wildman–Crippen MR) is 294 cm³/mol. The Morgan fingerprint density at radius 1 is 0.368 bits per heavy atom. The zero-order valence-corrected chi connectivity index (χ0v) is 44.8. The van der Waals surface area contributed by atoms with Crippen LogP contribution < -0.4 is 65.1 Å². The molecule has 0 saturated carbocycles. The molecule has 0 aliphatic carbocycles. The summed E-state index contributed by atoms with van der Waals surface area (Å²) in [6, 6.07) is 20.1. The number of hydrogen-bond acceptors (Lipinski definition) is 13. The Morgan fingerprint density at radius 2 is 0.684 bits per heavy atom. The number of nitrogens with one attached hydrogen (secondary N) is 6. The van der Waals surface area contributed by atoms with Crippen LogP contribution in [0.4, 0.5) is 34.1 Å². The Morgan fingerprint density at radius 3 is 0.961 bits per heavy atom. The van der Waals surface area contributed by atoms with Crippen molar-refractivity contribution in [2.24, 2.45) is 0 Å². The van der Waals surface area contributed by atoms with Crippen molar-refractivity contribution in [3.8, 4) is 40.2 Å². The third-order valence-electron chi connectivity index (χ3n) is 11.4. The van der Waals surface area contributed by atoms with Gasteiger partial charge in [-0.2, -0.15) is 0 Å². The fourth-order valence-electron chi connectivity index (χ4n) is 7.50. The minimum absolute atomic E-state index is 0.0227. The molecule has 0 heterocycles. The fourth-order valence-corrected chi connectivity index (χ4v) is 7.50. The van der Waals surface area contributed by atoms with Gasteiger partial charge in [0.05, 0.1) is 92.8 Å². The summed E-state index contributed by atoms with van der Waals surface area (Å²) in [5, 5.41) is 17.0. The number of carbonyl (C=O) groups excluding carboxylic acids is 6. The molecule has 0 radical (unpaired) electrons. The normalized spacial score (nSPS) is 10.6. The molecule has 19 nitrogen and oxygen atoms in total. The second kappa shape index (κ2) is 29.4. The zero-order chi connectivity index (χ0) is 55.1. The second-order valence-electron chi connectivity index (χ2n) is 17.4. The molecular weight excluding hydrogens is 977 g/mol. The highest BCUT2D eigenvalue weighted by Gasteiger charge is 2.26. The van der Waals surface area contributed by atoms with Crippen molar-refractivity contribution in [3.05, 3.63) is 101 Å². The fraction of sp³-hybridized carbons (Fsp3) is 0.368. The second-order valence-corrected chi connectivity index (χ2v) is 17.4. The SMILES string of the molecule is CCCCOc1cc(OCCCC)c(NC(=O)c2cccc(C(=O)Nc3cc(NC(=O)c4cc(NC(C)=O)ccc4OC)c(OCCCC)cc3OCCCC)c2OC)cc1NC(=O)c1cc(NC(C)=O)ccc1OC. The minimum Gasteiger partial charge on any atom is -0.496 e. The van der Waals surface area contributed by atoms with Crippen LogP contribution in [0.3, 0.4) is 0 Å². The van der Waals surface area contributed by atoms with Crippen molar-refractivity contribution in [2.75, 3.05) is 79.7 Å². The first kappa shape index (κ1) is 58.4. The number of rotatable bonds is 29. The monoisotopic (exact) mass is 1050 g/mol. The molecule has 76 heavy (non-hydrogen) atoms. The van der Waals surface area contributed by atoms with Gasteiger partial charge in [-0.15, -0.1) is 0 Å². The van der Waals surface area contributed by atoms with Crippen LogP contribution in [-0.2, 0) is 9.59 Å². The average Bonchev–Trinajstić information content (AvgIpc) is 3.40. The highest BCUT2D eigenvalue weighted by Crippen LogP contribution is 2.41. The van der Waals surface area contributed by atoms with Crippen molar-refractivity contribution < 1.29 is 61.9 Å². The molecule has 0 saturated heterocycles. The first-order chi connectivity index (χ1) is 36.7. The number of methoxy groups -OCH3 is 3. The first-order valence-electron chi connectivity index (χ1n) is 25.4. The Balaban J connectivity index is 1.54. The van der Waals surface area contributed by atoms with Crippen LogP contribution in [-0.4, -0.2) is 83.2 Å². The molecule has 0 aliphatic heterocycles. The van der Waals surface area contributed by atoms with E-state index in [9.17, 15) is 28.8 Å². The van der Waals surface area contributed by atoms with Crippen molar-refractivity contribution in [3.63, 3.8) is 0 Å². The number of benzene rings is 5. The molecule has 0 bridgehead atoms. The lowest BCUT2D eigenvalue weighted by atomic mass is 10.1. The number of hydrogen-bond donors (Lipinski definition) is 6. The summed E-state index contributed by atoms with van der Waals surface area (Å²) in [5.74, 6) is -1.74. The van der Waals surface area contributed by atoms with Crippen LogP contribution in [0.25, 0.3) is 0 Å². The smallest absolute Gasteiger partial charge is 0.259 e. The Bertz CT molecular complexity index is 2670. The van der Waals surface area contributed by atoms with Gasteiger partial charge in [0.2, 0.25) is 11.8 Å². The van der Waals surface area contributed by atoms with Gasteiger partial charge in [0, 0.05) is 37.4 Å². The van der Waals surface area contributed by atoms with Gasteiger partial charge in [0.15, 0.2) is 0 Å². The lowest BCUT2D eigenvalue weighted by Gasteiger charge is -2.20. The summed E-state index contributed by atoms with van der Waals surface area (Å²) in [6.45, 7) is 12.0. The van der Waals surface area contributed by atoms with E-state index in [1.165, 1.54) is 77.6 Å². The van der Waals surface area contributed by atoms with Gasteiger partial charge in [-0.05, 0) is 86.3 Å². The molecule has 6 amide bonds. The van der Waals surface area contributed by atoms with Gasteiger partial charge in [0.25, 0.3) is 23.6 Å².